The van der Waals surface area contributed by atoms with Gasteiger partial charge in [-0.3, -0.25) is 0 Å². The second-order valence-corrected chi connectivity index (χ2v) is 6.75. The van der Waals surface area contributed by atoms with E-state index in [1.807, 2.05) is 0 Å². The molecule has 0 aromatic heterocycles. The van der Waals surface area contributed by atoms with Gasteiger partial charge in [0.25, 0.3) is 0 Å². The summed E-state index contributed by atoms with van der Waals surface area (Å²) in [6.07, 6.45) is 9.09. The maximum atomic E-state index is 5.58. The summed E-state index contributed by atoms with van der Waals surface area (Å²) in [7, 11) is 0. The third kappa shape index (κ3) is 3.67. The van der Waals surface area contributed by atoms with Crippen molar-refractivity contribution in [2.75, 3.05) is 19.8 Å². The van der Waals surface area contributed by atoms with E-state index in [4.69, 9.17) is 4.74 Å². The maximum Gasteiger partial charge on any atom is 0.0466 e. The zero-order valence-electron chi connectivity index (χ0n) is 13.4. The molecule has 1 unspecified atom stereocenters. The van der Waals surface area contributed by atoms with Crippen LogP contribution in [0.3, 0.4) is 0 Å². The van der Waals surface area contributed by atoms with Crippen LogP contribution in [0.2, 0.25) is 0 Å². The second kappa shape index (κ2) is 6.93. The summed E-state index contributed by atoms with van der Waals surface area (Å²) in [6.45, 7) is 4.98. The maximum absolute atomic E-state index is 5.58. The minimum absolute atomic E-state index is 0.342. The van der Waals surface area contributed by atoms with Gasteiger partial charge in [0.1, 0.15) is 0 Å². The van der Waals surface area contributed by atoms with E-state index in [9.17, 15) is 0 Å². The number of aryl methyl sites for hydroxylation is 1. The predicted molar refractivity (Wildman–Crippen MR) is 87.8 cm³/mol. The first-order valence-corrected chi connectivity index (χ1v) is 8.73. The molecule has 0 radical (unpaired) electrons. The fraction of sp³-hybridized carbons (Fsp3) is 0.684. The monoisotopic (exact) mass is 287 g/mol. The van der Waals surface area contributed by atoms with E-state index >= 15 is 0 Å². The van der Waals surface area contributed by atoms with E-state index < -0.39 is 0 Å². The Morgan fingerprint density at radius 2 is 2.14 bits per heavy atom. The van der Waals surface area contributed by atoms with Crippen LogP contribution in [0.15, 0.2) is 24.3 Å². The highest BCUT2D eigenvalue weighted by molar-refractivity contribution is 5.37. The van der Waals surface area contributed by atoms with Crippen LogP contribution in [0.25, 0.3) is 0 Å². The largest absolute Gasteiger partial charge is 0.382 e. The lowest BCUT2D eigenvalue weighted by Gasteiger charge is -2.40. The second-order valence-electron chi connectivity index (χ2n) is 6.75. The number of fused-ring (bicyclic) bond motifs is 1. The van der Waals surface area contributed by atoms with Crippen molar-refractivity contribution < 1.29 is 4.74 Å². The van der Waals surface area contributed by atoms with E-state index in [0.29, 0.717) is 5.41 Å². The van der Waals surface area contributed by atoms with E-state index in [2.05, 4.69) is 36.5 Å². The Bertz CT molecular complexity index is 455. The van der Waals surface area contributed by atoms with Gasteiger partial charge in [-0.05, 0) is 63.0 Å². The van der Waals surface area contributed by atoms with Crippen LogP contribution in [0, 0.1) is 0 Å². The van der Waals surface area contributed by atoms with Crippen LogP contribution >= 0.6 is 0 Å². The Hall–Kier alpha value is -0.860. The molecule has 0 amide bonds. The number of nitrogens with one attached hydrogen (secondary N) is 1. The zero-order valence-corrected chi connectivity index (χ0v) is 13.4. The van der Waals surface area contributed by atoms with Gasteiger partial charge < -0.3 is 10.1 Å². The lowest BCUT2D eigenvalue weighted by Crippen LogP contribution is -2.42. The average molecular weight is 287 g/mol. The molecule has 0 saturated heterocycles. The molecule has 0 spiro atoms. The molecule has 21 heavy (non-hydrogen) atoms. The van der Waals surface area contributed by atoms with Gasteiger partial charge in [-0.25, -0.2) is 0 Å². The number of hydrogen-bond acceptors (Lipinski definition) is 2. The first kappa shape index (κ1) is 15.1. The summed E-state index contributed by atoms with van der Waals surface area (Å²) in [5.41, 5.74) is 3.53. The number of rotatable bonds is 8. The molecule has 0 heterocycles. The van der Waals surface area contributed by atoms with Gasteiger partial charge in [0.15, 0.2) is 0 Å². The van der Waals surface area contributed by atoms with Crippen molar-refractivity contribution in [3.8, 4) is 0 Å². The van der Waals surface area contributed by atoms with Crippen LogP contribution in [-0.2, 0) is 16.6 Å². The van der Waals surface area contributed by atoms with Crippen molar-refractivity contribution in [2.45, 2.75) is 63.3 Å². The molecular formula is C19H29NO. The smallest absolute Gasteiger partial charge is 0.0466 e. The Balaban J connectivity index is 1.74. The van der Waals surface area contributed by atoms with Crippen LogP contribution in [0.5, 0.6) is 0 Å². The first-order valence-electron chi connectivity index (χ1n) is 8.73. The Labute approximate surface area is 129 Å². The molecule has 2 aliphatic carbocycles. The third-order valence-electron chi connectivity index (χ3n) is 5.14. The van der Waals surface area contributed by atoms with Gasteiger partial charge in [-0.2, -0.15) is 0 Å². The van der Waals surface area contributed by atoms with Gasteiger partial charge >= 0.3 is 0 Å². The van der Waals surface area contributed by atoms with Crippen molar-refractivity contribution in [1.29, 1.82) is 0 Å². The SMILES string of the molecule is CCOCCCC1(CNC2CC2)CCCc2ccccc21. The molecule has 116 valence electrons. The molecule has 1 fully saturated rings. The molecule has 2 aliphatic rings. The molecule has 1 aromatic rings. The lowest BCUT2D eigenvalue weighted by molar-refractivity contribution is 0.134. The summed E-state index contributed by atoms with van der Waals surface area (Å²) in [6, 6.07) is 9.93. The highest BCUT2D eigenvalue weighted by Crippen LogP contribution is 2.41. The number of hydrogen-bond donors (Lipinski definition) is 1. The molecule has 3 rings (SSSR count). The normalized spacial score (nSPS) is 24.8. The van der Waals surface area contributed by atoms with Crippen molar-refractivity contribution in [3.63, 3.8) is 0 Å². The van der Waals surface area contributed by atoms with E-state index in [0.717, 1.165) is 25.8 Å². The van der Waals surface area contributed by atoms with Gasteiger partial charge in [-0.1, -0.05) is 24.3 Å². The molecule has 1 N–H and O–H groups in total. The summed E-state index contributed by atoms with van der Waals surface area (Å²) >= 11 is 0. The molecule has 0 aliphatic heterocycles. The Morgan fingerprint density at radius 3 is 2.95 bits per heavy atom. The minimum atomic E-state index is 0.342. The van der Waals surface area contributed by atoms with E-state index in [1.165, 1.54) is 44.9 Å². The lowest BCUT2D eigenvalue weighted by atomic mass is 9.67. The first-order chi connectivity index (χ1) is 10.3. The molecule has 2 nitrogen and oxygen atoms in total. The molecule has 2 heteroatoms. The fourth-order valence-corrected chi connectivity index (χ4v) is 3.82. The summed E-state index contributed by atoms with van der Waals surface area (Å²) in [4.78, 5) is 0. The molecular weight excluding hydrogens is 258 g/mol. The molecule has 1 atom stereocenters. The summed E-state index contributed by atoms with van der Waals surface area (Å²) in [5.74, 6) is 0. The number of benzene rings is 1. The van der Waals surface area contributed by atoms with Crippen molar-refractivity contribution >= 4 is 0 Å². The molecule has 1 saturated carbocycles. The fourth-order valence-electron chi connectivity index (χ4n) is 3.82. The predicted octanol–water partition coefficient (Wildman–Crippen LogP) is 3.83. The van der Waals surface area contributed by atoms with Crippen molar-refractivity contribution in [2.24, 2.45) is 0 Å². The van der Waals surface area contributed by atoms with Gasteiger partial charge in [0, 0.05) is 31.2 Å². The molecule has 1 aromatic carbocycles. The minimum Gasteiger partial charge on any atom is -0.382 e. The third-order valence-corrected chi connectivity index (χ3v) is 5.14. The van der Waals surface area contributed by atoms with Crippen LogP contribution in [-0.4, -0.2) is 25.8 Å². The van der Waals surface area contributed by atoms with Gasteiger partial charge in [0.2, 0.25) is 0 Å². The highest BCUT2D eigenvalue weighted by Gasteiger charge is 2.37. The topological polar surface area (TPSA) is 21.3 Å². The molecule has 0 bridgehead atoms. The van der Waals surface area contributed by atoms with Crippen molar-refractivity contribution in [3.05, 3.63) is 35.4 Å². The van der Waals surface area contributed by atoms with E-state index in [1.54, 1.807) is 11.1 Å². The van der Waals surface area contributed by atoms with E-state index in [-0.39, 0.29) is 0 Å². The summed E-state index contributed by atoms with van der Waals surface area (Å²) < 4.78 is 5.58. The Morgan fingerprint density at radius 1 is 1.29 bits per heavy atom. The average Bonchev–Trinajstić information content (AvgIpc) is 3.34. The summed E-state index contributed by atoms with van der Waals surface area (Å²) in [5, 5.41) is 3.81. The Kier molecular flexibility index (Phi) is 4.97. The van der Waals surface area contributed by atoms with Gasteiger partial charge in [-0.15, -0.1) is 0 Å². The number of ether oxygens (including phenoxy) is 1. The standard InChI is InChI=1S/C19H29NO/c1-2-21-14-6-13-19(15-20-17-10-11-17)12-5-8-16-7-3-4-9-18(16)19/h3-4,7,9,17,20H,2,5-6,8,10-15H2,1H3. The van der Waals surface area contributed by atoms with Crippen molar-refractivity contribution in [1.82, 2.24) is 5.32 Å². The van der Waals surface area contributed by atoms with Crippen LogP contribution in [0.4, 0.5) is 0 Å². The van der Waals surface area contributed by atoms with Gasteiger partial charge in [0.05, 0.1) is 0 Å². The van der Waals surface area contributed by atoms with Crippen LogP contribution in [0.1, 0.15) is 56.6 Å². The van der Waals surface area contributed by atoms with Crippen LogP contribution < -0.4 is 5.32 Å². The zero-order chi connectivity index (χ0) is 14.5. The quantitative estimate of drug-likeness (QED) is 0.734. The highest BCUT2D eigenvalue weighted by atomic mass is 16.5.